The standard InChI is InChI=1S/C14H24N2O3/c1-17-10-9-15-7-8-16-11-12-13(18-2)5-4-6-14(12)19-3/h4-6,15-16H,7-11H2,1-3H3. The first-order valence-corrected chi connectivity index (χ1v) is 6.43. The number of rotatable bonds is 10. The molecule has 0 aromatic heterocycles. The summed E-state index contributed by atoms with van der Waals surface area (Å²) < 4.78 is 15.7. The van der Waals surface area contributed by atoms with E-state index < -0.39 is 0 Å². The summed E-state index contributed by atoms with van der Waals surface area (Å²) in [5.41, 5.74) is 1.05. The second-order valence-electron chi connectivity index (χ2n) is 4.06. The maximum absolute atomic E-state index is 5.35. The molecule has 2 N–H and O–H groups in total. The normalized spacial score (nSPS) is 10.5. The largest absolute Gasteiger partial charge is 0.496 e. The highest BCUT2D eigenvalue weighted by molar-refractivity contribution is 5.44. The van der Waals surface area contributed by atoms with Crippen molar-refractivity contribution in [2.24, 2.45) is 0 Å². The molecule has 0 saturated carbocycles. The van der Waals surface area contributed by atoms with Gasteiger partial charge in [-0.25, -0.2) is 0 Å². The van der Waals surface area contributed by atoms with Crippen molar-refractivity contribution in [2.45, 2.75) is 6.54 Å². The molecule has 0 unspecified atom stereocenters. The van der Waals surface area contributed by atoms with Gasteiger partial charge in [-0.3, -0.25) is 0 Å². The number of methoxy groups -OCH3 is 3. The van der Waals surface area contributed by atoms with Gasteiger partial charge >= 0.3 is 0 Å². The summed E-state index contributed by atoms with van der Waals surface area (Å²) in [5, 5.41) is 6.64. The van der Waals surface area contributed by atoms with Gasteiger partial charge in [0.15, 0.2) is 0 Å². The second-order valence-corrected chi connectivity index (χ2v) is 4.06. The summed E-state index contributed by atoms with van der Waals surface area (Å²) in [4.78, 5) is 0. The van der Waals surface area contributed by atoms with Gasteiger partial charge in [0.2, 0.25) is 0 Å². The molecule has 0 aliphatic heterocycles. The van der Waals surface area contributed by atoms with Gasteiger partial charge in [0.25, 0.3) is 0 Å². The molecule has 0 bridgehead atoms. The number of nitrogens with one attached hydrogen (secondary N) is 2. The van der Waals surface area contributed by atoms with E-state index in [0.29, 0.717) is 0 Å². The number of hydrogen-bond donors (Lipinski definition) is 2. The fourth-order valence-electron chi connectivity index (χ4n) is 1.79. The summed E-state index contributed by atoms with van der Waals surface area (Å²) >= 11 is 0. The summed E-state index contributed by atoms with van der Waals surface area (Å²) in [7, 11) is 5.04. The number of ether oxygens (including phenoxy) is 3. The lowest BCUT2D eigenvalue weighted by atomic mass is 10.1. The molecule has 1 rings (SSSR count). The quantitative estimate of drug-likeness (QED) is 0.621. The zero-order valence-corrected chi connectivity index (χ0v) is 12.0. The lowest BCUT2D eigenvalue weighted by Crippen LogP contribution is -2.29. The van der Waals surface area contributed by atoms with Crippen LogP contribution in [-0.2, 0) is 11.3 Å². The average Bonchev–Trinajstić information content (AvgIpc) is 2.46. The fourth-order valence-corrected chi connectivity index (χ4v) is 1.79. The van der Waals surface area contributed by atoms with Gasteiger partial charge in [0, 0.05) is 38.9 Å². The van der Waals surface area contributed by atoms with Crippen molar-refractivity contribution in [2.75, 3.05) is 47.6 Å². The first kappa shape index (κ1) is 15.8. The molecule has 19 heavy (non-hydrogen) atoms. The molecular weight excluding hydrogens is 244 g/mol. The molecule has 0 heterocycles. The van der Waals surface area contributed by atoms with Crippen LogP contribution in [0.25, 0.3) is 0 Å². The first-order chi connectivity index (χ1) is 9.33. The summed E-state index contributed by atoms with van der Waals surface area (Å²) in [6, 6.07) is 5.81. The van der Waals surface area contributed by atoms with Gasteiger partial charge < -0.3 is 24.8 Å². The van der Waals surface area contributed by atoms with Crippen LogP contribution in [0.1, 0.15) is 5.56 Å². The Labute approximate surface area is 115 Å². The van der Waals surface area contributed by atoms with Crippen molar-refractivity contribution in [3.05, 3.63) is 23.8 Å². The molecule has 1 aromatic rings. The van der Waals surface area contributed by atoms with Gasteiger partial charge in [0.1, 0.15) is 11.5 Å². The Kier molecular flexibility index (Phi) is 7.97. The van der Waals surface area contributed by atoms with Crippen molar-refractivity contribution in [1.29, 1.82) is 0 Å². The van der Waals surface area contributed by atoms with Crippen molar-refractivity contribution >= 4 is 0 Å². The average molecular weight is 268 g/mol. The van der Waals surface area contributed by atoms with E-state index in [0.717, 1.165) is 49.8 Å². The highest BCUT2D eigenvalue weighted by Gasteiger charge is 2.08. The van der Waals surface area contributed by atoms with E-state index in [1.54, 1.807) is 21.3 Å². The Bertz CT molecular complexity index is 336. The van der Waals surface area contributed by atoms with Crippen LogP contribution in [0, 0.1) is 0 Å². The van der Waals surface area contributed by atoms with Crippen molar-refractivity contribution < 1.29 is 14.2 Å². The minimum atomic E-state index is 0.721. The molecule has 0 amide bonds. The van der Waals surface area contributed by atoms with Crippen molar-refractivity contribution in [3.8, 4) is 11.5 Å². The minimum absolute atomic E-state index is 0.721. The molecular formula is C14H24N2O3. The number of benzene rings is 1. The smallest absolute Gasteiger partial charge is 0.127 e. The lowest BCUT2D eigenvalue weighted by molar-refractivity contribution is 0.199. The zero-order chi connectivity index (χ0) is 13.9. The van der Waals surface area contributed by atoms with Crippen molar-refractivity contribution in [3.63, 3.8) is 0 Å². The molecule has 5 nitrogen and oxygen atoms in total. The minimum Gasteiger partial charge on any atom is -0.496 e. The Hall–Kier alpha value is -1.30. The third-order valence-electron chi connectivity index (χ3n) is 2.79. The predicted molar refractivity (Wildman–Crippen MR) is 76.0 cm³/mol. The van der Waals surface area contributed by atoms with E-state index in [1.165, 1.54) is 0 Å². The molecule has 0 radical (unpaired) electrons. The van der Waals surface area contributed by atoms with Gasteiger partial charge in [-0.2, -0.15) is 0 Å². The zero-order valence-electron chi connectivity index (χ0n) is 12.0. The highest BCUT2D eigenvalue weighted by Crippen LogP contribution is 2.27. The summed E-state index contributed by atoms with van der Waals surface area (Å²) in [5.74, 6) is 1.69. The van der Waals surface area contributed by atoms with E-state index in [9.17, 15) is 0 Å². The van der Waals surface area contributed by atoms with Gasteiger partial charge in [-0.15, -0.1) is 0 Å². The lowest BCUT2D eigenvalue weighted by Gasteiger charge is -2.13. The van der Waals surface area contributed by atoms with Crippen LogP contribution in [0.4, 0.5) is 0 Å². The van der Waals surface area contributed by atoms with Crippen LogP contribution >= 0.6 is 0 Å². The van der Waals surface area contributed by atoms with E-state index in [2.05, 4.69) is 10.6 Å². The molecule has 0 fully saturated rings. The Balaban J connectivity index is 2.35. The Morgan fingerprint density at radius 3 is 2.11 bits per heavy atom. The van der Waals surface area contributed by atoms with Gasteiger partial charge in [-0.1, -0.05) is 6.07 Å². The summed E-state index contributed by atoms with van der Waals surface area (Å²) in [6.07, 6.45) is 0. The maximum Gasteiger partial charge on any atom is 0.127 e. The predicted octanol–water partition coefficient (Wildman–Crippen LogP) is 1.03. The molecule has 5 heteroatoms. The highest BCUT2D eigenvalue weighted by atomic mass is 16.5. The van der Waals surface area contributed by atoms with Gasteiger partial charge in [-0.05, 0) is 12.1 Å². The molecule has 0 atom stereocenters. The third-order valence-corrected chi connectivity index (χ3v) is 2.79. The molecule has 108 valence electrons. The molecule has 0 saturated heterocycles. The summed E-state index contributed by atoms with van der Waals surface area (Å²) in [6.45, 7) is 4.11. The van der Waals surface area contributed by atoms with E-state index in [4.69, 9.17) is 14.2 Å². The van der Waals surface area contributed by atoms with E-state index >= 15 is 0 Å². The Morgan fingerprint density at radius 2 is 1.53 bits per heavy atom. The molecule has 0 aliphatic carbocycles. The fraction of sp³-hybridized carbons (Fsp3) is 0.571. The first-order valence-electron chi connectivity index (χ1n) is 6.43. The topological polar surface area (TPSA) is 51.8 Å². The van der Waals surface area contributed by atoms with Crippen molar-refractivity contribution in [1.82, 2.24) is 10.6 Å². The van der Waals surface area contributed by atoms with Crippen LogP contribution < -0.4 is 20.1 Å². The third kappa shape index (κ3) is 5.46. The monoisotopic (exact) mass is 268 g/mol. The Morgan fingerprint density at radius 1 is 0.895 bits per heavy atom. The van der Waals surface area contributed by atoms with Crippen LogP contribution in [0.2, 0.25) is 0 Å². The van der Waals surface area contributed by atoms with E-state index in [-0.39, 0.29) is 0 Å². The van der Waals surface area contributed by atoms with Crippen LogP contribution in [-0.4, -0.2) is 47.6 Å². The number of hydrogen-bond acceptors (Lipinski definition) is 5. The SMILES string of the molecule is COCCNCCNCc1c(OC)cccc1OC. The van der Waals surface area contributed by atoms with E-state index in [1.807, 2.05) is 18.2 Å². The van der Waals surface area contributed by atoms with Crippen LogP contribution in [0.15, 0.2) is 18.2 Å². The van der Waals surface area contributed by atoms with Crippen LogP contribution in [0.3, 0.4) is 0 Å². The molecule has 1 aromatic carbocycles. The molecule has 0 spiro atoms. The maximum atomic E-state index is 5.35. The van der Waals surface area contributed by atoms with Crippen LogP contribution in [0.5, 0.6) is 11.5 Å². The second kappa shape index (κ2) is 9.61. The molecule has 0 aliphatic rings. The van der Waals surface area contributed by atoms with Gasteiger partial charge in [0.05, 0.1) is 20.8 Å².